The van der Waals surface area contributed by atoms with Gasteiger partial charge in [0.1, 0.15) is 5.25 Å². The highest BCUT2D eigenvalue weighted by molar-refractivity contribution is 7.92. The molecule has 0 spiro atoms. The first-order valence-corrected chi connectivity index (χ1v) is 22.7. The molecule has 1 N–H and O–H groups in total. The predicted molar refractivity (Wildman–Crippen MR) is 217 cm³/mol. The molecule has 2 aliphatic heterocycles. The standard InChI is InChI=1S/C44H58O9SSi/c1-33(30-39-38(45)31-41(49-5)52-39)42(46)40(54(47,48)35-22-12-7-13-23-35)32-44(50-6)28-19-21-34(53-44)20-11-10-18-29-51-55(43(2,3)4,36-24-14-8-15-25-36)37-26-16-9-17-27-37/h7-9,11-17,19-20,22-28,33-34,38-41,45H,10,18,21,29-32H2,1-6H3/b20-11+/t33-,34+,38-,39-,40+,41+,44+/m0/s1. The maximum absolute atomic E-state index is 14.2. The van der Waals surface area contributed by atoms with Crippen LogP contribution >= 0.6 is 0 Å². The number of allylic oxidation sites excluding steroid dienone is 1. The number of ether oxygens (including phenoxy) is 4. The summed E-state index contributed by atoms with van der Waals surface area (Å²) >= 11 is 0. The second-order valence-corrected chi connectivity index (χ2v) is 22.1. The van der Waals surface area contributed by atoms with E-state index in [1.165, 1.54) is 36.7 Å². The molecule has 0 saturated carbocycles. The zero-order valence-electron chi connectivity index (χ0n) is 33.0. The molecular formula is C44H58O9SSi. The third kappa shape index (κ3) is 10.0. The summed E-state index contributed by atoms with van der Waals surface area (Å²) < 4.78 is 58.9. The maximum Gasteiger partial charge on any atom is 0.261 e. The molecule has 11 heteroatoms. The van der Waals surface area contributed by atoms with Crippen molar-refractivity contribution in [2.24, 2.45) is 5.92 Å². The minimum Gasteiger partial charge on any atom is -0.407 e. The Hall–Kier alpha value is -3.26. The predicted octanol–water partition coefficient (Wildman–Crippen LogP) is 6.54. The van der Waals surface area contributed by atoms with E-state index in [4.69, 9.17) is 23.4 Å². The minimum atomic E-state index is -4.16. The number of methoxy groups -OCH3 is 2. The molecule has 3 aromatic carbocycles. The highest BCUT2D eigenvalue weighted by Crippen LogP contribution is 2.38. The van der Waals surface area contributed by atoms with Crippen molar-refractivity contribution in [2.75, 3.05) is 20.8 Å². The number of hydrogen-bond acceptors (Lipinski definition) is 9. The summed E-state index contributed by atoms with van der Waals surface area (Å²) in [7, 11) is -3.84. The van der Waals surface area contributed by atoms with Gasteiger partial charge in [0.25, 0.3) is 8.32 Å². The summed E-state index contributed by atoms with van der Waals surface area (Å²) in [5.41, 5.74) is 0. The van der Waals surface area contributed by atoms with E-state index in [0.717, 1.165) is 12.8 Å². The van der Waals surface area contributed by atoms with Crippen molar-refractivity contribution in [1.82, 2.24) is 0 Å². The fourth-order valence-electron chi connectivity index (χ4n) is 7.83. The van der Waals surface area contributed by atoms with E-state index >= 15 is 0 Å². The van der Waals surface area contributed by atoms with Gasteiger partial charge in [-0.1, -0.05) is 125 Å². The molecule has 1 fully saturated rings. The molecule has 0 unspecified atom stereocenters. The molecule has 2 aliphatic rings. The average Bonchev–Trinajstić information content (AvgIpc) is 3.55. The van der Waals surface area contributed by atoms with E-state index in [1.54, 1.807) is 31.2 Å². The van der Waals surface area contributed by atoms with E-state index in [2.05, 4.69) is 75.4 Å². The first-order chi connectivity index (χ1) is 26.3. The van der Waals surface area contributed by atoms with Crippen LogP contribution < -0.4 is 10.4 Å². The number of ketones is 1. The molecule has 298 valence electrons. The lowest BCUT2D eigenvalue weighted by molar-refractivity contribution is -0.213. The molecule has 5 rings (SSSR count). The lowest BCUT2D eigenvalue weighted by Crippen LogP contribution is -2.66. The minimum absolute atomic E-state index is 0.0416. The number of benzene rings is 3. The summed E-state index contributed by atoms with van der Waals surface area (Å²) in [5.74, 6) is -2.71. The number of aliphatic hydroxyl groups is 1. The molecule has 0 aromatic heterocycles. The Morgan fingerprint density at radius 1 is 0.982 bits per heavy atom. The van der Waals surface area contributed by atoms with Crippen LogP contribution in [-0.2, 0) is 38.0 Å². The average molecular weight is 791 g/mol. The maximum atomic E-state index is 14.2. The summed E-state index contributed by atoms with van der Waals surface area (Å²) in [6, 6.07) is 29.2. The largest absolute Gasteiger partial charge is 0.407 e. The molecule has 3 aromatic rings. The van der Waals surface area contributed by atoms with E-state index in [1.807, 2.05) is 24.3 Å². The van der Waals surface area contributed by atoms with Gasteiger partial charge in [0.2, 0.25) is 0 Å². The molecule has 0 aliphatic carbocycles. The van der Waals surface area contributed by atoms with Crippen LogP contribution in [0.1, 0.15) is 66.2 Å². The Labute approximate surface area is 328 Å². The van der Waals surface area contributed by atoms with Gasteiger partial charge in [-0.25, -0.2) is 8.42 Å². The van der Waals surface area contributed by atoms with Crippen LogP contribution in [0, 0.1) is 5.92 Å². The van der Waals surface area contributed by atoms with Crippen molar-refractivity contribution in [1.29, 1.82) is 0 Å². The molecule has 9 nitrogen and oxygen atoms in total. The number of carbonyl (C=O) groups excluding carboxylic acids is 1. The van der Waals surface area contributed by atoms with Gasteiger partial charge in [-0.05, 0) is 59.3 Å². The van der Waals surface area contributed by atoms with Crippen molar-refractivity contribution in [2.45, 2.75) is 112 Å². The molecule has 0 amide bonds. The summed E-state index contributed by atoms with van der Waals surface area (Å²) in [6.07, 6.45) is 7.52. The number of sulfone groups is 1. The number of carbonyl (C=O) groups is 1. The third-order valence-corrected chi connectivity index (χ3v) is 17.9. The van der Waals surface area contributed by atoms with Crippen LogP contribution in [0.25, 0.3) is 0 Å². The van der Waals surface area contributed by atoms with Crippen LogP contribution in [0.2, 0.25) is 5.04 Å². The van der Waals surface area contributed by atoms with Gasteiger partial charge < -0.3 is 28.5 Å². The van der Waals surface area contributed by atoms with Gasteiger partial charge in [-0.3, -0.25) is 4.79 Å². The number of unbranched alkanes of at least 4 members (excludes halogenated alkanes) is 1. The molecular weight excluding hydrogens is 733 g/mol. The second-order valence-electron chi connectivity index (χ2n) is 15.6. The van der Waals surface area contributed by atoms with Crippen molar-refractivity contribution in [3.05, 3.63) is 115 Å². The Bertz CT molecular complexity index is 1790. The van der Waals surface area contributed by atoms with Crippen molar-refractivity contribution >= 4 is 34.3 Å². The molecule has 1 saturated heterocycles. The Kier molecular flexibility index (Phi) is 14.6. The van der Waals surface area contributed by atoms with Gasteiger partial charge in [0.15, 0.2) is 27.7 Å². The van der Waals surface area contributed by atoms with Crippen molar-refractivity contribution < 1.29 is 41.7 Å². The lowest BCUT2D eigenvalue weighted by atomic mass is 9.91. The van der Waals surface area contributed by atoms with Crippen LogP contribution in [0.5, 0.6) is 0 Å². The number of Topliss-reactive ketones (excluding diaryl/α,β-unsaturated/α-hetero) is 1. The summed E-state index contributed by atoms with van der Waals surface area (Å²) in [5, 5.41) is 11.4. The number of rotatable bonds is 18. The molecule has 2 heterocycles. The Balaban J connectivity index is 1.28. The molecule has 7 atom stereocenters. The molecule has 0 bridgehead atoms. The highest BCUT2D eigenvalue weighted by Gasteiger charge is 2.50. The van der Waals surface area contributed by atoms with Gasteiger partial charge >= 0.3 is 0 Å². The zero-order valence-corrected chi connectivity index (χ0v) is 34.8. The van der Waals surface area contributed by atoms with Gasteiger partial charge in [-0.15, -0.1) is 0 Å². The number of hydrogen-bond donors (Lipinski definition) is 1. The fourth-order valence-corrected chi connectivity index (χ4v) is 14.3. The van der Waals surface area contributed by atoms with Gasteiger partial charge in [-0.2, -0.15) is 0 Å². The zero-order chi connectivity index (χ0) is 39.7. The van der Waals surface area contributed by atoms with E-state index in [9.17, 15) is 18.3 Å². The van der Waals surface area contributed by atoms with E-state index < -0.39 is 65.5 Å². The second kappa shape index (κ2) is 18.8. The van der Waals surface area contributed by atoms with Crippen molar-refractivity contribution in [3.8, 4) is 0 Å². The summed E-state index contributed by atoms with van der Waals surface area (Å²) in [4.78, 5) is 14.2. The first-order valence-electron chi connectivity index (χ1n) is 19.3. The third-order valence-electron chi connectivity index (χ3n) is 10.8. The fraction of sp³-hybridized carbons (Fsp3) is 0.477. The Morgan fingerprint density at radius 3 is 2.13 bits per heavy atom. The normalized spacial score (nSPS) is 24.6. The molecule has 55 heavy (non-hydrogen) atoms. The number of aliphatic hydroxyl groups excluding tert-OH is 1. The Morgan fingerprint density at radius 2 is 1.58 bits per heavy atom. The highest BCUT2D eigenvalue weighted by atomic mass is 32.2. The topological polar surface area (TPSA) is 118 Å². The van der Waals surface area contributed by atoms with Crippen LogP contribution in [0.4, 0.5) is 0 Å². The van der Waals surface area contributed by atoms with Crippen molar-refractivity contribution in [3.63, 3.8) is 0 Å². The van der Waals surface area contributed by atoms with Crippen LogP contribution in [-0.4, -0.2) is 84.1 Å². The van der Waals surface area contributed by atoms with Gasteiger partial charge in [0, 0.05) is 39.6 Å². The van der Waals surface area contributed by atoms with Gasteiger partial charge in [0.05, 0.1) is 23.2 Å². The monoisotopic (exact) mass is 790 g/mol. The molecule has 0 radical (unpaired) electrons. The lowest BCUT2D eigenvalue weighted by Gasteiger charge is -2.43. The smallest absolute Gasteiger partial charge is 0.261 e. The summed E-state index contributed by atoms with van der Waals surface area (Å²) in [6.45, 7) is 9.06. The van der Waals surface area contributed by atoms with Crippen LogP contribution in [0.3, 0.4) is 0 Å². The first kappa shape index (κ1) is 42.9. The van der Waals surface area contributed by atoms with E-state index in [0.29, 0.717) is 13.0 Å². The van der Waals surface area contributed by atoms with Crippen LogP contribution in [0.15, 0.2) is 120 Å². The SMILES string of the molecule is CO[C@H]1C[C@H](O)[C@H](C[C@H](C)C(=O)[C@@H](C[C@@]2(OC)C=CC[C@@H](/C=C/CCCO[Si](c3ccccc3)(c3ccccc3)C(C)(C)C)O2)S(=O)(=O)c2ccccc2)O1. The van der Waals surface area contributed by atoms with E-state index in [-0.39, 0.29) is 29.2 Å². The quantitative estimate of drug-likeness (QED) is 0.0872.